The number of nitrogens with zero attached hydrogens (tertiary/aromatic N) is 1. The van der Waals surface area contributed by atoms with Crippen molar-refractivity contribution in [3.05, 3.63) is 35.5 Å². The number of carbonyl (C=O) groups excluding carboxylic acids is 1. The van der Waals surface area contributed by atoms with Crippen molar-refractivity contribution in [3.8, 4) is 0 Å². The van der Waals surface area contributed by atoms with Gasteiger partial charge in [-0.15, -0.1) is 0 Å². The van der Waals surface area contributed by atoms with Crippen molar-refractivity contribution in [2.75, 3.05) is 25.1 Å². The Balaban J connectivity index is 0.000000514. The van der Waals surface area contributed by atoms with E-state index in [2.05, 4.69) is 55.2 Å². The predicted molar refractivity (Wildman–Crippen MR) is 125 cm³/mol. The minimum atomic E-state index is 0.288. The molecule has 2 heterocycles. The van der Waals surface area contributed by atoms with Crippen molar-refractivity contribution in [1.82, 2.24) is 9.88 Å². The van der Waals surface area contributed by atoms with Gasteiger partial charge in [0.2, 0.25) is 0 Å². The van der Waals surface area contributed by atoms with Gasteiger partial charge in [0.15, 0.2) is 0 Å². The Morgan fingerprint density at radius 3 is 2.68 bits per heavy atom. The van der Waals surface area contributed by atoms with Crippen LogP contribution in [0.15, 0.2) is 24.4 Å². The molecule has 1 aromatic carbocycles. The van der Waals surface area contributed by atoms with Crippen LogP contribution in [0.4, 0.5) is 0 Å². The highest BCUT2D eigenvalue weighted by atomic mass is 32.2. The van der Waals surface area contributed by atoms with Crippen LogP contribution in [0.2, 0.25) is 0 Å². The Morgan fingerprint density at radius 2 is 2.00 bits per heavy atom. The monoisotopic (exact) mass is 402 g/mol. The van der Waals surface area contributed by atoms with E-state index in [1.54, 1.807) is 18.7 Å². The number of carbonyl (C=O) groups is 1. The molecule has 0 saturated carbocycles. The maximum absolute atomic E-state index is 11.2. The minimum absolute atomic E-state index is 0.288. The van der Waals surface area contributed by atoms with Gasteiger partial charge in [0, 0.05) is 35.6 Å². The van der Waals surface area contributed by atoms with E-state index in [1.807, 2.05) is 13.8 Å². The van der Waals surface area contributed by atoms with Gasteiger partial charge in [0.25, 0.3) is 0 Å². The number of H-pyrrole nitrogens is 1. The van der Waals surface area contributed by atoms with E-state index in [0.29, 0.717) is 23.6 Å². The third-order valence-electron chi connectivity index (χ3n) is 5.47. The molecule has 1 aromatic heterocycles. The SMILES string of the molecule is CC.CC(=O)CSCC1CC2c3cccc4[nH]cc(c34)CC2N(C)C1.CCC. The maximum Gasteiger partial charge on any atom is 0.139 e. The Bertz CT molecular complexity index is 754. The molecule has 156 valence electrons. The van der Waals surface area contributed by atoms with Crippen LogP contribution >= 0.6 is 11.8 Å². The second-order valence-electron chi connectivity index (χ2n) is 7.93. The number of benzene rings is 1. The molecule has 0 spiro atoms. The summed E-state index contributed by atoms with van der Waals surface area (Å²) in [5.74, 6) is 3.36. The Labute approximate surface area is 175 Å². The van der Waals surface area contributed by atoms with Crippen molar-refractivity contribution in [2.45, 2.75) is 65.8 Å². The lowest BCUT2D eigenvalue weighted by atomic mass is 9.73. The Hall–Kier alpha value is -1.26. The first-order valence-electron chi connectivity index (χ1n) is 10.9. The smallest absolute Gasteiger partial charge is 0.139 e. The van der Waals surface area contributed by atoms with Gasteiger partial charge in [-0.25, -0.2) is 0 Å². The van der Waals surface area contributed by atoms with Gasteiger partial charge < -0.3 is 9.88 Å². The zero-order chi connectivity index (χ0) is 20.7. The zero-order valence-corrected chi connectivity index (χ0v) is 19.4. The van der Waals surface area contributed by atoms with Crippen LogP contribution in [-0.2, 0) is 11.2 Å². The van der Waals surface area contributed by atoms with Crippen LogP contribution in [0, 0.1) is 5.92 Å². The number of hydrogen-bond acceptors (Lipinski definition) is 3. The van der Waals surface area contributed by atoms with Crippen LogP contribution in [0.1, 0.15) is 64.5 Å². The zero-order valence-electron chi connectivity index (χ0n) is 18.5. The van der Waals surface area contributed by atoms with Gasteiger partial charge >= 0.3 is 0 Å². The van der Waals surface area contributed by atoms with Crippen LogP contribution in [0.25, 0.3) is 10.9 Å². The molecule has 4 heteroatoms. The van der Waals surface area contributed by atoms with E-state index >= 15 is 0 Å². The highest BCUT2D eigenvalue weighted by Crippen LogP contribution is 2.44. The summed E-state index contributed by atoms with van der Waals surface area (Å²) in [6, 6.07) is 7.33. The summed E-state index contributed by atoms with van der Waals surface area (Å²) in [4.78, 5) is 17.2. The Kier molecular flexibility index (Phi) is 9.10. The number of thioether (sulfide) groups is 1. The fraction of sp³-hybridized carbons (Fsp3) is 0.625. The van der Waals surface area contributed by atoms with Crippen molar-refractivity contribution < 1.29 is 4.79 Å². The molecule has 1 fully saturated rings. The lowest BCUT2D eigenvalue weighted by Gasteiger charge is -2.45. The van der Waals surface area contributed by atoms with Crippen molar-refractivity contribution in [3.63, 3.8) is 0 Å². The maximum atomic E-state index is 11.2. The van der Waals surface area contributed by atoms with Gasteiger partial charge in [0.1, 0.15) is 5.78 Å². The van der Waals surface area contributed by atoms with Gasteiger partial charge in [-0.2, -0.15) is 11.8 Å². The van der Waals surface area contributed by atoms with Crippen molar-refractivity contribution in [2.24, 2.45) is 5.92 Å². The predicted octanol–water partition coefficient (Wildman–Crippen LogP) is 5.89. The summed E-state index contributed by atoms with van der Waals surface area (Å²) in [6.07, 6.45) is 5.86. The molecule has 2 aliphatic rings. The van der Waals surface area contributed by atoms with E-state index in [1.165, 1.54) is 34.9 Å². The summed E-state index contributed by atoms with van der Waals surface area (Å²) in [7, 11) is 2.28. The van der Waals surface area contributed by atoms with Crippen LogP contribution < -0.4 is 0 Å². The molecule has 0 amide bonds. The number of likely N-dealkylation sites (N-methyl/N-ethyl adjacent to an activating group) is 1. The molecule has 1 saturated heterocycles. The lowest BCUT2D eigenvalue weighted by Crippen LogP contribution is -2.48. The highest BCUT2D eigenvalue weighted by Gasteiger charge is 2.39. The van der Waals surface area contributed by atoms with Gasteiger partial charge in [-0.3, -0.25) is 4.79 Å². The van der Waals surface area contributed by atoms with Gasteiger partial charge in [-0.1, -0.05) is 46.2 Å². The molecular formula is C24H38N2OS. The number of likely N-dealkylation sites (tertiary alicyclic amines) is 1. The number of ketones is 1. The summed E-state index contributed by atoms with van der Waals surface area (Å²) in [5, 5.41) is 1.47. The lowest BCUT2D eigenvalue weighted by molar-refractivity contribution is -0.114. The van der Waals surface area contributed by atoms with Crippen LogP contribution in [-0.4, -0.2) is 46.8 Å². The molecule has 28 heavy (non-hydrogen) atoms. The number of aromatic amines is 1. The van der Waals surface area contributed by atoms with Crippen LogP contribution in [0.5, 0.6) is 0 Å². The number of hydrogen-bond donors (Lipinski definition) is 1. The number of Topliss-reactive ketones (excluding diaryl/α,β-unsaturated/α-hetero) is 1. The Morgan fingerprint density at radius 1 is 1.29 bits per heavy atom. The van der Waals surface area contributed by atoms with E-state index < -0.39 is 0 Å². The molecule has 0 radical (unpaired) electrons. The molecular weight excluding hydrogens is 364 g/mol. The largest absolute Gasteiger partial charge is 0.361 e. The van der Waals surface area contributed by atoms with Crippen molar-refractivity contribution >= 4 is 28.4 Å². The third-order valence-corrected chi connectivity index (χ3v) is 6.79. The second-order valence-corrected chi connectivity index (χ2v) is 8.96. The first kappa shape index (κ1) is 23.0. The van der Waals surface area contributed by atoms with Gasteiger partial charge in [0.05, 0.1) is 5.75 Å². The number of fused-ring (bicyclic) bond motifs is 2. The number of nitrogens with one attached hydrogen (secondary N) is 1. The van der Waals surface area contributed by atoms with E-state index in [9.17, 15) is 4.79 Å². The fourth-order valence-corrected chi connectivity index (χ4v) is 5.52. The molecule has 2 aromatic rings. The van der Waals surface area contributed by atoms with Gasteiger partial charge in [-0.05, 0) is 55.7 Å². The number of piperidine rings is 1. The van der Waals surface area contributed by atoms with Crippen LogP contribution in [0.3, 0.4) is 0 Å². The average molecular weight is 403 g/mol. The van der Waals surface area contributed by atoms with E-state index in [0.717, 1.165) is 18.7 Å². The average Bonchev–Trinajstić information content (AvgIpc) is 3.09. The van der Waals surface area contributed by atoms with E-state index in [-0.39, 0.29) is 5.78 Å². The highest BCUT2D eigenvalue weighted by molar-refractivity contribution is 7.99. The minimum Gasteiger partial charge on any atom is -0.361 e. The summed E-state index contributed by atoms with van der Waals surface area (Å²) < 4.78 is 0. The molecule has 1 N–H and O–H groups in total. The standard InChI is InChI=1S/C19H24N2OS.C3H8.C2H6/c1-12(22)10-23-11-13-6-16-15-4-3-5-17-19(15)14(8-20-17)7-18(16)21(2)9-13;1-3-2;1-2/h3-5,8,13,16,18,20H,6-7,9-11H2,1-2H3;3H2,1-2H3;1-2H3. The molecule has 1 aliphatic carbocycles. The van der Waals surface area contributed by atoms with Crippen molar-refractivity contribution in [1.29, 1.82) is 0 Å². The normalized spacial score (nSPS) is 23.1. The number of aromatic nitrogens is 1. The topological polar surface area (TPSA) is 36.1 Å². The molecule has 4 rings (SSSR count). The third kappa shape index (κ3) is 5.21. The first-order valence-corrected chi connectivity index (χ1v) is 12.1. The summed E-state index contributed by atoms with van der Waals surface area (Å²) >= 11 is 1.81. The summed E-state index contributed by atoms with van der Waals surface area (Å²) in [6.45, 7) is 11.1. The quantitative estimate of drug-likeness (QED) is 0.692. The summed E-state index contributed by atoms with van der Waals surface area (Å²) in [5.41, 5.74) is 4.29. The second kappa shape index (κ2) is 11.1. The first-order chi connectivity index (χ1) is 13.5. The fourth-order valence-electron chi connectivity index (χ4n) is 4.54. The molecule has 0 bridgehead atoms. The molecule has 3 atom stereocenters. The molecule has 3 nitrogen and oxygen atoms in total. The molecule has 3 unspecified atom stereocenters. The number of rotatable bonds is 4. The molecule has 1 aliphatic heterocycles. The van der Waals surface area contributed by atoms with E-state index in [4.69, 9.17) is 0 Å².